The highest BCUT2D eigenvalue weighted by Crippen LogP contribution is 2.34. The number of hydrogen-bond acceptors (Lipinski definition) is 4. The second-order valence-corrected chi connectivity index (χ2v) is 4.86. The Balaban J connectivity index is 1.82. The molecule has 4 heteroatoms. The lowest BCUT2D eigenvalue weighted by molar-refractivity contribution is 0.0236. The van der Waals surface area contributed by atoms with E-state index in [1.54, 1.807) is 7.11 Å². The Bertz CT molecular complexity index is 186. The summed E-state index contributed by atoms with van der Waals surface area (Å²) in [5, 5.41) is 3.58. The van der Waals surface area contributed by atoms with Gasteiger partial charge in [0.05, 0.1) is 26.4 Å². The van der Waals surface area contributed by atoms with Crippen molar-refractivity contribution in [2.45, 2.75) is 38.6 Å². The fourth-order valence-electron chi connectivity index (χ4n) is 2.13. The van der Waals surface area contributed by atoms with Gasteiger partial charge < -0.3 is 19.5 Å². The summed E-state index contributed by atoms with van der Waals surface area (Å²) in [6, 6.07) is 0.719. The largest absolute Gasteiger partial charge is 0.382 e. The van der Waals surface area contributed by atoms with Gasteiger partial charge in [0.25, 0.3) is 0 Å². The van der Waals surface area contributed by atoms with E-state index in [2.05, 4.69) is 12.2 Å². The van der Waals surface area contributed by atoms with E-state index in [0.717, 1.165) is 31.5 Å². The van der Waals surface area contributed by atoms with E-state index in [-0.39, 0.29) is 0 Å². The normalized spacial score (nSPS) is 17.0. The van der Waals surface area contributed by atoms with Crippen LogP contribution < -0.4 is 5.32 Å². The molecule has 0 aromatic heterocycles. The molecule has 1 fully saturated rings. The molecule has 1 saturated carbocycles. The van der Waals surface area contributed by atoms with Gasteiger partial charge in [-0.05, 0) is 38.1 Å². The van der Waals surface area contributed by atoms with Gasteiger partial charge in [-0.15, -0.1) is 0 Å². The van der Waals surface area contributed by atoms with Crippen molar-refractivity contribution in [2.75, 3.05) is 46.7 Å². The molecule has 4 nitrogen and oxygen atoms in total. The molecule has 1 rings (SSSR count). The lowest BCUT2D eigenvalue weighted by atomic mass is 10.1. The maximum atomic E-state index is 5.55. The zero-order chi connectivity index (χ0) is 13.1. The van der Waals surface area contributed by atoms with Crippen LogP contribution in [0.15, 0.2) is 0 Å². The summed E-state index contributed by atoms with van der Waals surface area (Å²) >= 11 is 0. The van der Waals surface area contributed by atoms with Gasteiger partial charge in [-0.3, -0.25) is 0 Å². The van der Waals surface area contributed by atoms with Gasteiger partial charge in [0.1, 0.15) is 0 Å². The van der Waals surface area contributed by atoms with Crippen LogP contribution in [0, 0.1) is 5.92 Å². The van der Waals surface area contributed by atoms with Crippen molar-refractivity contribution in [1.82, 2.24) is 5.32 Å². The quantitative estimate of drug-likeness (QED) is 0.512. The van der Waals surface area contributed by atoms with Gasteiger partial charge in [0.15, 0.2) is 0 Å². The lowest BCUT2D eigenvalue weighted by Crippen LogP contribution is -2.31. The molecule has 0 saturated heterocycles. The Kier molecular flexibility index (Phi) is 9.48. The summed E-state index contributed by atoms with van der Waals surface area (Å²) in [6.07, 6.45) is 5.20. The minimum Gasteiger partial charge on any atom is -0.382 e. The summed E-state index contributed by atoms with van der Waals surface area (Å²) in [6.45, 7) is 6.79. The summed E-state index contributed by atoms with van der Waals surface area (Å²) in [5.74, 6) is 0.933. The highest BCUT2D eigenvalue weighted by Gasteiger charge is 2.29. The molecule has 0 spiro atoms. The van der Waals surface area contributed by atoms with Crippen LogP contribution >= 0.6 is 0 Å². The van der Waals surface area contributed by atoms with Gasteiger partial charge >= 0.3 is 0 Å². The second kappa shape index (κ2) is 10.7. The molecule has 1 unspecified atom stereocenters. The topological polar surface area (TPSA) is 39.7 Å². The molecule has 0 heterocycles. The molecule has 0 bridgehead atoms. The smallest absolute Gasteiger partial charge is 0.0701 e. The van der Waals surface area contributed by atoms with Gasteiger partial charge in [0.2, 0.25) is 0 Å². The van der Waals surface area contributed by atoms with E-state index in [1.807, 2.05) is 0 Å². The van der Waals surface area contributed by atoms with E-state index in [1.165, 1.54) is 19.3 Å². The fourth-order valence-corrected chi connectivity index (χ4v) is 2.13. The molecule has 1 aliphatic carbocycles. The van der Waals surface area contributed by atoms with Crippen molar-refractivity contribution in [3.8, 4) is 0 Å². The van der Waals surface area contributed by atoms with Gasteiger partial charge in [0, 0.05) is 19.8 Å². The van der Waals surface area contributed by atoms with Crippen molar-refractivity contribution in [1.29, 1.82) is 0 Å². The van der Waals surface area contributed by atoms with Crippen LogP contribution in [0.3, 0.4) is 0 Å². The van der Waals surface area contributed by atoms with Crippen molar-refractivity contribution in [2.24, 2.45) is 5.92 Å². The van der Waals surface area contributed by atoms with Crippen LogP contribution in [0.1, 0.15) is 32.6 Å². The molecule has 1 N–H and O–H groups in total. The summed E-state index contributed by atoms with van der Waals surface area (Å²) in [7, 11) is 1.68. The van der Waals surface area contributed by atoms with Crippen LogP contribution in [0.4, 0.5) is 0 Å². The molecule has 0 radical (unpaired) electrons. The van der Waals surface area contributed by atoms with Gasteiger partial charge in [-0.1, -0.05) is 6.92 Å². The van der Waals surface area contributed by atoms with Crippen molar-refractivity contribution in [3.05, 3.63) is 0 Å². The molecule has 0 aliphatic heterocycles. The third-order valence-electron chi connectivity index (χ3n) is 3.26. The second-order valence-electron chi connectivity index (χ2n) is 4.86. The van der Waals surface area contributed by atoms with Crippen LogP contribution in [0.2, 0.25) is 0 Å². The Hall–Kier alpha value is -0.160. The summed E-state index contributed by atoms with van der Waals surface area (Å²) < 4.78 is 15.8. The molecule has 108 valence electrons. The third-order valence-corrected chi connectivity index (χ3v) is 3.26. The molecule has 0 aromatic rings. The first-order valence-corrected chi connectivity index (χ1v) is 7.26. The predicted octanol–water partition coefficient (Wildman–Crippen LogP) is 1.83. The highest BCUT2D eigenvalue weighted by atomic mass is 16.5. The SMILES string of the molecule is CCNC(CCCOCCOCCOC)C1CC1. The minimum atomic E-state index is 0.657. The standard InChI is InChI=1S/C14H29NO3/c1-3-15-14(13-6-7-13)5-4-8-17-11-12-18-10-9-16-2/h13-15H,3-12H2,1-2H3. The fraction of sp³-hybridized carbons (Fsp3) is 1.00. The highest BCUT2D eigenvalue weighted by molar-refractivity contribution is 4.85. The van der Waals surface area contributed by atoms with E-state index >= 15 is 0 Å². The minimum absolute atomic E-state index is 0.657. The zero-order valence-corrected chi connectivity index (χ0v) is 12.0. The molecule has 1 atom stereocenters. The van der Waals surface area contributed by atoms with E-state index in [9.17, 15) is 0 Å². The Morgan fingerprint density at radius 3 is 2.33 bits per heavy atom. The lowest BCUT2D eigenvalue weighted by Gasteiger charge is -2.16. The van der Waals surface area contributed by atoms with E-state index in [4.69, 9.17) is 14.2 Å². The first kappa shape index (κ1) is 15.9. The summed E-state index contributed by atoms with van der Waals surface area (Å²) in [5.41, 5.74) is 0. The number of ether oxygens (including phenoxy) is 3. The number of methoxy groups -OCH3 is 1. The molecular weight excluding hydrogens is 230 g/mol. The van der Waals surface area contributed by atoms with Gasteiger partial charge in [-0.2, -0.15) is 0 Å². The first-order chi connectivity index (χ1) is 8.88. The van der Waals surface area contributed by atoms with Crippen molar-refractivity contribution in [3.63, 3.8) is 0 Å². The maximum absolute atomic E-state index is 5.55. The van der Waals surface area contributed by atoms with Crippen LogP contribution in [0.5, 0.6) is 0 Å². The maximum Gasteiger partial charge on any atom is 0.0701 e. The average molecular weight is 259 g/mol. The Morgan fingerprint density at radius 1 is 1.06 bits per heavy atom. The van der Waals surface area contributed by atoms with Crippen LogP contribution in [0.25, 0.3) is 0 Å². The van der Waals surface area contributed by atoms with E-state index in [0.29, 0.717) is 26.4 Å². The molecule has 1 aliphatic rings. The number of hydrogen-bond donors (Lipinski definition) is 1. The average Bonchev–Trinajstić information content (AvgIpc) is 3.20. The van der Waals surface area contributed by atoms with Crippen LogP contribution in [-0.2, 0) is 14.2 Å². The van der Waals surface area contributed by atoms with Crippen LogP contribution in [-0.4, -0.2) is 52.7 Å². The summed E-state index contributed by atoms with van der Waals surface area (Å²) in [4.78, 5) is 0. The molecule has 0 aromatic carbocycles. The monoisotopic (exact) mass is 259 g/mol. The van der Waals surface area contributed by atoms with E-state index < -0.39 is 0 Å². The Morgan fingerprint density at radius 2 is 1.72 bits per heavy atom. The molecule has 0 amide bonds. The molecule has 18 heavy (non-hydrogen) atoms. The zero-order valence-electron chi connectivity index (χ0n) is 12.0. The number of rotatable bonds is 13. The third kappa shape index (κ3) is 8.03. The van der Waals surface area contributed by atoms with Crippen molar-refractivity contribution >= 4 is 0 Å². The van der Waals surface area contributed by atoms with Gasteiger partial charge in [-0.25, -0.2) is 0 Å². The molecular formula is C14H29NO3. The first-order valence-electron chi connectivity index (χ1n) is 7.26. The number of nitrogens with one attached hydrogen (secondary N) is 1. The Labute approximate surface area is 111 Å². The predicted molar refractivity (Wildman–Crippen MR) is 72.9 cm³/mol. The van der Waals surface area contributed by atoms with Crippen molar-refractivity contribution < 1.29 is 14.2 Å².